The highest BCUT2D eigenvalue weighted by atomic mass is 16.3. The molecule has 2 rings (SSSR count). The Morgan fingerprint density at radius 1 is 1.43 bits per heavy atom. The molecule has 0 bridgehead atoms. The summed E-state index contributed by atoms with van der Waals surface area (Å²) in [7, 11) is 0. The van der Waals surface area contributed by atoms with E-state index in [2.05, 4.69) is 10.2 Å². The minimum Gasteiger partial charge on any atom is -0.387 e. The predicted octanol–water partition coefficient (Wildman–Crippen LogP) is 2.42. The molecule has 1 aliphatic rings. The third kappa shape index (κ3) is 4.29. The van der Waals surface area contributed by atoms with E-state index in [9.17, 15) is 9.90 Å². The summed E-state index contributed by atoms with van der Waals surface area (Å²) < 4.78 is 0. The number of aryl methyl sites for hydroxylation is 1. The van der Waals surface area contributed by atoms with E-state index in [-0.39, 0.29) is 5.91 Å². The van der Waals surface area contributed by atoms with Gasteiger partial charge in [0, 0.05) is 25.2 Å². The van der Waals surface area contributed by atoms with Crippen LogP contribution in [0.1, 0.15) is 32.3 Å². The van der Waals surface area contributed by atoms with Crippen LogP contribution in [0.3, 0.4) is 0 Å². The smallest absolute Gasteiger partial charge is 0.224 e. The van der Waals surface area contributed by atoms with Crippen LogP contribution in [-0.2, 0) is 4.79 Å². The monoisotopic (exact) mass is 290 g/mol. The summed E-state index contributed by atoms with van der Waals surface area (Å²) in [6, 6.07) is 7.83. The Morgan fingerprint density at radius 2 is 2.14 bits per heavy atom. The summed E-state index contributed by atoms with van der Waals surface area (Å²) in [5.74, 6) is 0.346. The van der Waals surface area contributed by atoms with E-state index in [0.29, 0.717) is 12.3 Å². The van der Waals surface area contributed by atoms with Gasteiger partial charge in [-0.3, -0.25) is 9.69 Å². The second kappa shape index (κ2) is 6.58. The largest absolute Gasteiger partial charge is 0.387 e. The van der Waals surface area contributed by atoms with E-state index in [1.165, 1.54) is 0 Å². The third-order valence-electron chi connectivity index (χ3n) is 4.25. The van der Waals surface area contributed by atoms with Gasteiger partial charge in [-0.2, -0.15) is 0 Å². The van der Waals surface area contributed by atoms with E-state index in [0.717, 1.165) is 37.3 Å². The molecule has 2 N–H and O–H groups in total. The van der Waals surface area contributed by atoms with Crippen molar-refractivity contribution in [2.24, 2.45) is 5.92 Å². The van der Waals surface area contributed by atoms with Gasteiger partial charge in [0.2, 0.25) is 5.91 Å². The van der Waals surface area contributed by atoms with Crippen LogP contribution in [-0.4, -0.2) is 41.1 Å². The molecule has 21 heavy (non-hydrogen) atoms. The number of rotatable bonds is 6. The summed E-state index contributed by atoms with van der Waals surface area (Å²) in [5, 5.41) is 13.1. The van der Waals surface area contributed by atoms with Crippen molar-refractivity contribution < 1.29 is 9.90 Å². The third-order valence-corrected chi connectivity index (χ3v) is 4.25. The molecule has 4 nitrogen and oxygen atoms in total. The minimum atomic E-state index is -0.524. The summed E-state index contributed by atoms with van der Waals surface area (Å²) >= 11 is 0. The van der Waals surface area contributed by atoms with Crippen molar-refractivity contribution in [1.29, 1.82) is 0 Å². The van der Waals surface area contributed by atoms with E-state index in [1.54, 1.807) is 0 Å². The van der Waals surface area contributed by atoms with Crippen molar-refractivity contribution in [3.63, 3.8) is 0 Å². The number of nitrogens with one attached hydrogen (secondary N) is 1. The number of nitrogens with zero attached hydrogens (tertiary/aromatic N) is 1. The van der Waals surface area contributed by atoms with E-state index >= 15 is 0 Å². The van der Waals surface area contributed by atoms with Crippen LogP contribution in [0.5, 0.6) is 0 Å². The second-order valence-electron chi connectivity index (χ2n) is 6.49. The van der Waals surface area contributed by atoms with E-state index < -0.39 is 5.60 Å². The molecule has 116 valence electrons. The van der Waals surface area contributed by atoms with Crippen LogP contribution in [0.2, 0.25) is 0 Å². The first-order chi connectivity index (χ1) is 9.89. The van der Waals surface area contributed by atoms with Crippen molar-refractivity contribution in [1.82, 2.24) is 4.90 Å². The normalized spacial score (nSPS) is 17.6. The summed E-state index contributed by atoms with van der Waals surface area (Å²) in [4.78, 5) is 14.1. The molecule has 4 heteroatoms. The summed E-state index contributed by atoms with van der Waals surface area (Å²) in [6.07, 6.45) is 1.34. The number of hydrogen-bond donors (Lipinski definition) is 2. The molecule has 0 atom stereocenters. The van der Waals surface area contributed by atoms with Crippen molar-refractivity contribution in [3.8, 4) is 0 Å². The number of anilines is 1. The molecule has 1 fully saturated rings. The average molecular weight is 290 g/mol. The first-order valence-electron chi connectivity index (χ1n) is 7.70. The number of carbonyl (C=O) groups is 1. The lowest BCUT2D eigenvalue weighted by Crippen LogP contribution is -2.64. The predicted molar refractivity (Wildman–Crippen MR) is 85.3 cm³/mol. The van der Waals surface area contributed by atoms with Crippen molar-refractivity contribution >= 4 is 11.6 Å². The molecule has 0 aliphatic carbocycles. The molecule has 1 aromatic carbocycles. The second-order valence-corrected chi connectivity index (χ2v) is 6.49. The number of benzene rings is 1. The number of hydrogen-bond acceptors (Lipinski definition) is 3. The number of β-amino-alcohol motifs (C(OH)–C–C–N with tert-alkyl or cyclic N) is 1. The van der Waals surface area contributed by atoms with Gasteiger partial charge >= 0.3 is 0 Å². The van der Waals surface area contributed by atoms with Gasteiger partial charge in [-0.05, 0) is 43.5 Å². The van der Waals surface area contributed by atoms with Crippen LogP contribution in [0, 0.1) is 12.8 Å². The van der Waals surface area contributed by atoms with Crippen LogP contribution < -0.4 is 5.32 Å². The van der Waals surface area contributed by atoms with Gasteiger partial charge in [-0.15, -0.1) is 0 Å². The number of aliphatic hydroxyl groups is 1. The first kappa shape index (κ1) is 16.0. The Balaban J connectivity index is 1.65. The summed E-state index contributed by atoms with van der Waals surface area (Å²) in [5.41, 5.74) is 1.48. The minimum absolute atomic E-state index is 0.0558. The van der Waals surface area contributed by atoms with Crippen LogP contribution in [0.15, 0.2) is 24.3 Å². The van der Waals surface area contributed by atoms with E-state index in [1.807, 2.05) is 45.0 Å². The zero-order valence-electron chi connectivity index (χ0n) is 13.2. The van der Waals surface area contributed by atoms with Gasteiger partial charge in [-0.25, -0.2) is 0 Å². The maximum Gasteiger partial charge on any atom is 0.224 e. The van der Waals surface area contributed by atoms with Gasteiger partial charge in [0.25, 0.3) is 0 Å². The van der Waals surface area contributed by atoms with Gasteiger partial charge < -0.3 is 10.4 Å². The molecule has 1 aromatic rings. The van der Waals surface area contributed by atoms with Crippen molar-refractivity contribution in [2.75, 3.05) is 25.0 Å². The Hall–Kier alpha value is -1.39. The van der Waals surface area contributed by atoms with Crippen molar-refractivity contribution in [3.05, 3.63) is 29.8 Å². The number of carbonyl (C=O) groups excluding carboxylic acids is 1. The fraction of sp³-hybridized carbons (Fsp3) is 0.588. The van der Waals surface area contributed by atoms with Crippen LogP contribution in [0.25, 0.3) is 0 Å². The van der Waals surface area contributed by atoms with Gasteiger partial charge in [0.15, 0.2) is 0 Å². The molecule has 0 spiro atoms. The Bertz CT molecular complexity index is 493. The molecule has 1 saturated heterocycles. The lowest BCUT2D eigenvalue weighted by molar-refractivity contribution is -0.128. The van der Waals surface area contributed by atoms with Crippen LogP contribution >= 0.6 is 0 Å². The molecular formula is C17H26N2O2. The zero-order chi connectivity index (χ0) is 15.5. The highest BCUT2D eigenvalue weighted by Gasteiger charge is 2.42. The molecule has 0 radical (unpaired) electrons. The first-order valence-corrected chi connectivity index (χ1v) is 7.70. The molecule has 1 heterocycles. The fourth-order valence-corrected chi connectivity index (χ4v) is 2.66. The molecular weight excluding hydrogens is 264 g/mol. The summed E-state index contributed by atoms with van der Waals surface area (Å²) in [6.45, 7) is 8.43. The fourth-order valence-electron chi connectivity index (χ4n) is 2.66. The Labute approximate surface area is 127 Å². The maximum atomic E-state index is 11.9. The van der Waals surface area contributed by atoms with Gasteiger partial charge in [-0.1, -0.05) is 26.0 Å². The van der Waals surface area contributed by atoms with Crippen LogP contribution in [0.4, 0.5) is 5.69 Å². The zero-order valence-corrected chi connectivity index (χ0v) is 13.2. The quantitative estimate of drug-likeness (QED) is 0.846. The van der Waals surface area contributed by atoms with Gasteiger partial charge in [0.05, 0.1) is 5.60 Å². The molecule has 1 amide bonds. The lowest BCUT2D eigenvalue weighted by Gasteiger charge is -2.49. The highest BCUT2D eigenvalue weighted by molar-refractivity contribution is 5.90. The molecule has 0 saturated carbocycles. The topological polar surface area (TPSA) is 52.6 Å². The van der Waals surface area contributed by atoms with E-state index in [4.69, 9.17) is 0 Å². The standard InChI is InChI=1S/C17H26N2O2/c1-13(2)17(21)11-19(12-17)9-5-8-16(20)18-15-7-4-6-14(3)10-15/h4,6-7,10,13,21H,5,8-9,11-12H2,1-3H3,(H,18,20). The van der Waals surface area contributed by atoms with Gasteiger partial charge in [0.1, 0.15) is 0 Å². The molecule has 1 aliphatic heterocycles. The van der Waals surface area contributed by atoms with Crippen molar-refractivity contribution in [2.45, 2.75) is 39.2 Å². The average Bonchev–Trinajstić information content (AvgIpc) is 2.36. The number of likely N-dealkylation sites (tertiary alicyclic amines) is 1. The molecule has 0 unspecified atom stereocenters. The Morgan fingerprint density at radius 3 is 2.76 bits per heavy atom. The highest BCUT2D eigenvalue weighted by Crippen LogP contribution is 2.28. The number of amides is 1. The SMILES string of the molecule is Cc1cccc(NC(=O)CCCN2CC(O)(C(C)C)C2)c1. The lowest BCUT2D eigenvalue weighted by atomic mass is 9.83. The molecule has 0 aromatic heterocycles. The Kier molecular flexibility index (Phi) is 5.01. The maximum absolute atomic E-state index is 11.9.